The molecule has 2 rings (SSSR count). The first-order valence-electron chi connectivity index (χ1n) is 8.80. The topological polar surface area (TPSA) is 71.5 Å². The third kappa shape index (κ3) is 5.31. The van der Waals surface area contributed by atoms with E-state index in [1.165, 1.54) is 0 Å². The number of carbonyl (C=O) groups is 2. The summed E-state index contributed by atoms with van der Waals surface area (Å²) in [6, 6.07) is 10.5. The van der Waals surface area contributed by atoms with Crippen LogP contribution in [0.3, 0.4) is 0 Å². The van der Waals surface area contributed by atoms with Crippen LogP contribution in [0, 0.1) is 0 Å². The summed E-state index contributed by atoms with van der Waals surface area (Å²) >= 11 is 0. The number of hydrogen-bond acceptors (Lipinski definition) is 5. The van der Waals surface area contributed by atoms with E-state index in [0.29, 0.717) is 24.4 Å². The van der Waals surface area contributed by atoms with Crippen LogP contribution in [0.15, 0.2) is 42.6 Å². The number of aromatic nitrogens is 1. The van der Waals surface area contributed by atoms with Crippen molar-refractivity contribution in [2.45, 2.75) is 26.7 Å². The molecule has 0 saturated carbocycles. The Morgan fingerprint density at radius 3 is 2.50 bits per heavy atom. The van der Waals surface area contributed by atoms with Gasteiger partial charge in [-0.15, -0.1) is 0 Å². The first kappa shape index (κ1) is 19.4. The van der Waals surface area contributed by atoms with Crippen molar-refractivity contribution >= 4 is 23.3 Å². The Labute approximate surface area is 154 Å². The number of carbonyl (C=O) groups excluding carboxylic acids is 2. The van der Waals surface area contributed by atoms with Crippen molar-refractivity contribution in [3.63, 3.8) is 0 Å². The molecule has 138 valence electrons. The molecule has 0 spiro atoms. The molecule has 0 aliphatic heterocycles. The molecule has 0 unspecified atom stereocenters. The third-order valence-electron chi connectivity index (χ3n) is 3.86. The van der Waals surface area contributed by atoms with Crippen LogP contribution < -0.4 is 5.32 Å². The van der Waals surface area contributed by atoms with Gasteiger partial charge < -0.3 is 15.0 Å². The molecule has 0 radical (unpaired) electrons. The lowest BCUT2D eigenvalue weighted by Crippen LogP contribution is -2.28. The summed E-state index contributed by atoms with van der Waals surface area (Å²) in [7, 11) is 1.79. The summed E-state index contributed by atoms with van der Waals surface area (Å²) in [5.41, 5.74) is 2.47. The molecule has 1 amide bonds. The number of amides is 1. The molecule has 1 aromatic heterocycles. The van der Waals surface area contributed by atoms with Crippen molar-refractivity contribution in [1.82, 2.24) is 9.88 Å². The van der Waals surface area contributed by atoms with Crippen LogP contribution in [0.1, 0.15) is 47.5 Å². The second-order valence-electron chi connectivity index (χ2n) is 5.93. The number of esters is 1. The van der Waals surface area contributed by atoms with Crippen LogP contribution in [0.4, 0.5) is 11.4 Å². The van der Waals surface area contributed by atoms with Crippen molar-refractivity contribution in [3.8, 4) is 0 Å². The van der Waals surface area contributed by atoms with Gasteiger partial charge >= 0.3 is 5.97 Å². The van der Waals surface area contributed by atoms with Crippen LogP contribution in [0.25, 0.3) is 0 Å². The van der Waals surface area contributed by atoms with Gasteiger partial charge in [-0.3, -0.25) is 9.78 Å². The highest BCUT2D eigenvalue weighted by atomic mass is 16.5. The average Bonchev–Trinajstić information content (AvgIpc) is 2.66. The second kappa shape index (κ2) is 9.56. The van der Waals surface area contributed by atoms with Crippen LogP contribution >= 0.6 is 0 Å². The molecular formula is C20H25N3O3. The highest BCUT2D eigenvalue weighted by Crippen LogP contribution is 2.18. The van der Waals surface area contributed by atoms with Crippen LogP contribution in [0.2, 0.25) is 0 Å². The number of unbranched alkanes of at least 4 members (excludes halogenated alkanes) is 1. The molecule has 26 heavy (non-hydrogen) atoms. The fourth-order valence-electron chi connectivity index (χ4n) is 2.39. The number of hydrogen-bond donors (Lipinski definition) is 1. The zero-order valence-corrected chi connectivity index (χ0v) is 15.5. The number of benzene rings is 1. The summed E-state index contributed by atoms with van der Waals surface area (Å²) in [4.78, 5) is 30.0. The van der Waals surface area contributed by atoms with Gasteiger partial charge in [0.15, 0.2) is 0 Å². The van der Waals surface area contributed by atoms with Gasteiger partial charge in [0.25, 0.3) is 5.91 Å². The number of ether oxygens (including phenoxy) is 1. The number of nitrogens with zero attached hydrogens (tertiary/aromatic N) is 2. The molecule has 1 N–H and O–H groups in total. The monoisotopic (exact) mass is 355 g/mol. The predicted molar refractivity (Wildman–Crippen MR) is 102 cm³/mol. The molecule has 0 fully saturated rings. The molecule has 0 saturated heterocycles. The minimum Gasteiger partial charge on any atom is -0.462 e. The standard InChI is InChI=1S/C20H25N3O3/c1-4-6-13-23(3)19(24)18-14-17(11-12-21-18)22-16-9-7-15(8-10-16)20(25)26-5-2/h7-12,14H,4-6,13H2,1-3H3,(H,21,22). The molecular weight excluding hydrogens is 330 g/mol. The Bertz CT molecular complexity index is 744. The van der Waals surface area contributed by atoms with E-state index in [2.05, 4.69) is 17.2 Å². The quantitative estimate of drug-likeness (QED) is 0.728. The highest BCUT2D eigenvalue weighted by Gasteiger charge is 2.13. The third-order valence-corrected chi connectivity index (χ3v) is 3.86. The normalized spacial score (nSPS) is 10.3. The highest BCUT2D eigenvalue weighted by molar-refractivity contribution is 5.93. The molecule has 2 aromatic rings. The Balaban J connectivity index is 2.06. The lowest BCUT2D eigenvalue weighted by atomic mass is 10.2. The largest absolute Gasteiger partial charge is 0.462 e. The molecule has 0 aliphatic carbocycles. The Kier molecular flexibility index (Phi) is 7.14. The first-order chi connectivity index (χ1) is 12.5. The Morgan fingerprint density at radius 2 is 1.85 bits per heavy atom. The van der Waals surface area contributed by atoms with Gasteiger partial charge in [-0.2, -0.15) is 0 Å². The van der Waals surface area contributed by atoms with Crippen molar-refractivity contribution in [2.24, 2.45) is 0 Å². The molecule has 0 bridgehead atoms. The Morgan fingerprint density at radius 1 is 1.12 bits per heavy atom. The number of nitrogens with one attached hydrogen (secondary N) is 1. The summed E-state index contributed by atoms with van der Waals surface area (Å²) in [6.45, 7) is 4.92. The van der Waals surface area contributed by atoms with E-state index in [4.69, 9.17) is 4.74 Å². The van der Waals surface area contributed by atoms with E-state index in [0.717, 1.165) is 24.2 Å². The van der Waals surface area contributed by atoms with Crippen molar-refractivity contribution in [1.29, 1.82) is 0 Å². The second-order valence-corrected chi connectivity index (χ2v) is 5.93. The molecule has 6 heteroatoms. The summed E-state index contributed by atoms with van der Waals surface area (Å²) < 4.78 is 4.97. The molecule has 0 atom stereocenters. The van der Waals surface area contributed by atoms with E-state index < -0.39 is 0 Å². The zero-order valence-electron chi connectivity index (χ0n) is 15.5. The fraction of sp³-hybridized carbons (Fsp3) is 0.350. The maximum Gasteiger partial charge on any atom is 0.338 e. The van der Waals surface area contributed by atoms with E-state index in [1.54, 1.807) is 61.5 Å². The van der Waals surface area contributed by atoms with E-state index in [-0.39, 0.29) is 11.9 Å². The van der Waals surface area contributed by atoms with Crippen molar-refractivity contribution < 1.29 is 14.3 Å². The summed E-state index contributed by atoms with van der Waals surface area (Å²) in [5, 5.41) is 3.22. The number of pyridine rings is 1. The first-order valence-corrected chi connectivity index (χ1v) is 8.80. The van der Waals surface area contributed by atoms with Crippen LogP contribution in [0.5, 0.6) is 0 Å². The maximum atomic E-state index is 12.4. The van der Waals surface area contributed by atoms with E-state index >= 15 is 0 Å². The van der Waals surface area contributed by atoms with Gasteiger partial charge in [-0.1, -0.05) is 13.3 Å². The predicted octanol–water partition coefficient (Wildman–Crippen LogP) is 3.87. The average molecular weight is 355 g/mol. The van der Waals surface area contributed by atoms with Gasteiger partial charge in [-0.05, 0) is 49.7 Å². The van der Waals surface area contributed by atoms with E-state index in [9.17, 15) is 9.59 Å². The van der Waals surface area contributed by atoms with Crippen LogP contribution in [-0.4, -0.2) is 42.0 Å². The minimum atomic E-state index is -0.342. The van der Waals surface area contributed by atoms with Gasteiger partial charge in [0.05, 0.1) is 12.2 Å². The number of rotatable bonds is 8. The van der Waals surface area contributed by atoms with Gasteiger partial charge in [0.1, 0.15) is 5.69 Å². The molecule has 1 aromatic carbocycles. The maximum absolute atomic E-state index is 12.4. The van der Waals surface area contributed by atoms with Crippen molar-refractivity contribution in [3.05, 3.63) is 53.9 Å². The summed E-state index contributed by atoms with van der Waals surface area (Å²) in [6.07, 6.45) is 3.61. The molecule has 1 heterocycles. The van der Waals surface area contributed by atoms with Crippen molar-refractivity contribution in [2.75, 3.05) is 25.5 Å². The minimum absolute atomic E-state index is 0.0974. The molecule has 6 nitrogen and oxygen atoms in total. The van der Waals surface area contributed by atoms with Gasteiger partial charge in [0, 0.05) is 31.2 Å². The Hall–Kier alpha value is -2.89. The van der Waals surface area contributed by atoms with Gasteiger partial charge in [0.2, 0.25) is 0 Å². The lowest BCUT2D eigenvalue weighted by molar-refractivity contribution is 0.0526. The smallest absolute Gasteiger partial charge is 0.338 e. The SMILES string of the molecule is CCCCN(C)C(=O)c1cc(Nc2ccc(C(=O)OCC)cc2)ccn1. The van der Waals surface area contributed by atoms with Gasteiger partial charge in [-0.25, -0.2) is 4.79 Å². The lowest BCUT2D eigenvalue weighted by Gasteiger charge is -2.16. The number of anilines is 2. The van der Waals surface area contributed by atoms with E-state index in [1.807, 2.05) is 0 Å². The summed E-state index contributed by atoms with van der Waals surface area (Å²) in [5.74, 6) is -0.439. The fourth-order valence-corrected chi connectivity index (χ4v) is 2.39. The van der Waals surface area contributed by atoms with Crippen LogP contribution in [-0.2, 0) is 4.74 Å². The zero-order chi connectivity index (χ0) is 18.9. The molecule has 0 aliphatic rings.